The number of carbonyl (C=O) groups is 2. The van der Waals surface area contributed by atoms with Crippen LogP contribution in [0.2, 0.25) is 0 Å². The number of piperazine rings is 1. The van der Waals surface area contributed by atoms with E-state index in [0.29, 0.717) is 31.8 Å². The van der Waals surface area contributed by atoms with E-state index in [4.69, 9.17) is 4.74 Å². The maximum absolute atomic E-state index is 11.5. The minimum absolute atomic E-state index is 0.0423. The summed E-state index contributed by atoms with van der Waals surface area (Å²) in [5.41, 5.74) is 1.67. The number of nitrogens with one attached hydrogen (secondary N) is 2. The van der Waals surface area contributed by atoms with Crippen LogP contribution >= 0.6 is 0 Å². The monoisotopic (exact) mass is 277 g/mol. The number of quaternary nitrogens is 1. The van der Waals surface area contributed by atoms with E-state index in [1.807, 2.05) is 19.1 Å². The summed E-state index contributed by atoms with van der Waals surface area (Å²) in [6, 6.07) is 5.51. The molecule has 1 unspecified atom stereocenters. The quantitative estimate of drug-likeness (QED) is 0.733. The molecule has 1 amide bonds. The molecular weight excluding hydrogens is 256 g/mol. The first-order chi connectivity index (χ1) is 9.60. The molecule has 1 heterocycles. The van der Waals surface area contributed by atoms with Crippen LogP contribution in [-0.4, -0.2) is 37.9 Å². The van der Waals surface area contributed by atoms with E-state index in [0.717, 1.165) is 17.9 Å². The fourth-order valence-electron chi connectivity index (χ4n) is 2.41. The molecule has 1 saturated heterocycles. The fraction of sp³-hybridized carbons (Fsp3) is 0.467. The standard InChI is InChI=1S/C15H20N2O3/c1-3-20-14-5-4-12(11(2)18)8-13(14)9-17-7-6-16-15(19)10-17/h4-5,8H,3,6-7,9-10H2,1-2H3,(H,16,19)/p+1. The van der Waals surface area contributed by atoms with Crippen molar-refractivity contribution in [1.82, 2.24) is 5.32 Å². The van der Waals surface area contributed by atoms with Gasteiger partial charge in [0.25, 0.3) is 5.91 Å². The Bertz CT molecular complexity index is 514. The van der Waals surface area contributed by atoms with Gasteiger partial charge in [-0.05, 0) is 32.0 Å². The Morgan fingerprint density at radius 3 is 2.90 bits per heavy atom. The summed E-state index contributed by atoms with van der Waals surface area (Å²) in [6.07, 6.45) is 0. The second kappa shape index (κ2) is 6.52. The molecule has 108 valence electrons. The van der Waals surface area contributed by atoms with Crippen molar-refractivity contribution >= 4 is 11.7 Å². The second-order valence-electron chi connectivity index (χ2n) is 5.02. The first-order valence-corrected chi connectivity index (χ1v) is 6.97. The Morgan fingerprint density at radius 1 is 1.45 bits per heavy atom. The Labute approximate surface area is 118 Å². The van der Waals surface area contributed by atoms with Gasteiger partial charge in [-0.3, -0.25) is 9.59 Å². The number of rotatable bonds is 5. The number of carbonyl (C=O) groups excluding carboxylic acids is 2. The van der Waals surface area contributed by atoms with E-state index in [9.17, 15) is 9.59 Å². The van der Waals surface area contributed by atoms with Crippen LogP contribution in [0.5, 0.6) is 5.75 Å². The SMILES string of the molecule is CCOc1ccc(C(C)=O)cc1C[NH+]1CCNC(=O)C1. The Balaban J connectivity index is 2.20. The molecule has 0 saturated carbocycles. The summed E-state index contributed by atoms with van der Waals surface area (Å²) in [5, 5.41) is 2.82. The van der Waals surface area contributed by atoms with Gasteiger partial charge in [0.1, 0.15) is 12.3 Å². The lowest BCUT2D eigenvalue weighted by Gasteiger charge is -2.24. The molecule has 20 heavy (non-hydrogen) atoms. The van der Waals surface area contributed by atoms with E-state index < -0.39 is 0 Å². The summed E-state index contributed by atoms with van der Waals surface area (Å²) in [5.74, 6) is 0.920. The van der Waals surface area contributed by atoms with E-state index in [1.54, 1.807) is 13.0 Å². The molecule has 1 aromatic rings. The van der Waals surface area contributed by atoms with Crippen LogP contribution in [0.3, 0.4) is 0 Å². The van der Waals surface area contributed by atoms with Crippen molar-refractivity contribution in [3.63, 3.8) is 0 Å². The highest BCUT2D eigenvalue weighted by atomic mass is 16.5. The average molecular weight is 277 g/mol. The third-order valence-corrected chi connectivity index (χ3v) is 3.42. The molecule has 1 atom stereocenters. The number of Topliss-reactive ketones (excluding diaryl/α,β-unsaturated/α-hetero) is 1. The molecule has 0 bridgehead atoms. The Hall–Kier alpha value is -1.88. The van der Waals surface area contributed by atoms with Crippen LogP contribution in [0, 0.1) is 0 Å². The number of amides is 1. The number of hydrogen-bond acceptors (Lipinski definition) is 3. The number of benzene rings is 1. The van der Waals surface area contributed by atoms with Crippen LogP contribution in [0.1, 0.15) is 29.8 Å². The van der Waals surface area contributed by atoms with Crippen LogP contribution in [0.25, 0.3) is 0 Å². The zero-order valence-corrected chi connectivity index (χ0v) is 12.0. The second-order valence-corrected chi connectivity index (χ2v) is 5.02. The lowest BCUT2D eigenvalue weighted by atomic mass is 10.1. The summed E-state index contributed by atoms with van der Waals surface area (Å²) in [7, 11) is 0. The van der Waals surface area contributed by atoms with E-state index in [1.165, 1.54) is 4.90 Å². The molecule has 1 aromatic carbocycles. The minimum Gasteiger partial charge on any atom is -0.493 e. The van der Waals surface area contributed by atoms with Gasteiger partial charge in [0.15, 0.2) is 12.3 Å². The normalized spacial score (nSPS) is 18.5. The average Bonchev–Trinajstić information content (AvgIpc) is 2.41. The zero-order chi connectivity index (χ0) is 14.5. The van der Waals surface area contributed by atoms with E-state index >= 15 is 0 Å². The van der Waals surface area contributed by atoms with Crippen molar-refractivity contribution in [2.45, 2.75) is 20.4 Å². The third-order valence-electron chi connectivity index (χ3n) is 3.42. The lowest BCUT2D eigenvalue weighted by molar-refractivity contribution is -0.907. The highest BCUT2D eigenvalue weighted by Gasteiger charge is 2.21. The van der Waals surface area contributed by atoms with Gasteiger partial charge in [0.2, 0.25) is 0 Å². The number of hydrogen-bond donors (Lipinski definition) is 2. The molecule has 1 aliphatic rings. The largest absolute Gasteiger partial charge is 0.493 e. The highest BCUT2D eigenvalue weighted by molar-refractivity contribution is 5.94. The van der Waals surface area contributed by atoms with Gasteiger partial charge in [0.05, 0.1) is 19.7 Å². The van der Waals surface area contributed by atoms with Crippen molar-refractivity contribution < 1.29 is 19.2 Å². The first kappa shape index (κ1) is 14.5. The van der Waals surface area contributed by atoms with Gasteiger partial charge in [-0.25, -0.2) is 0 Å². The minimum atomic E-state index is 0.0423. The summed E-state index contributed by atoms with van der Waals surface area (Å²) in [6.45, 7) is 6.83. The molecule has 0 aliphatic carbocycles. The Morgan fingerprint density at radius 2 is 2.25 bits per heavy atom. The van der Waals surface area contributed by atoms with Crippen molar-refractivity contribution in [3.8, 4) is 5.75 Å². The van der Waals surface area contributed by atoms with Crippen molar-refractivity contribution in [3.05, 3.63) is 29.3 Å². The molecule has 1 fully saturated rings. The van der Waals surface area contributed by atoms with Gasteiger partial charge in [-0.1, -0.05) is 0 Å². The Kier molecular flexibility index (Phi) is 4.74. The molecule has 1 aliphatic heterocycles. The van der Waals surface area contributed by atoms with Gasteiger partial charge in [-0.2, -0.15) is 0 Å². The van der Waals surface area contributed by atoms with Gasteiger partial charge >= 0.3 is 0 Å². The van der Waals surface area contributed by atoms with Crippen LogP contribution in [0.4, 0.5) is 0 Å². The summed E-state index contributed by atoms with van der Waals surface area (Å²) in [4.78, 5) is 24.1. The molecule has 5 heteroatoms. The molecule has 2 N–H and O–H groups in total. The number of ether oxygens (including phenoxy) is 1. The van der Waals surface area contributed by atoms with Crippen LogP contribution in [0.15, 0.2) is 18.2 Å². The van der Waals surface area contributed by atoms with Crippen LogP contribution < -0.4 is 15.0 Å². The molecule has 2 rings (SSSR count). The fourth-order valence-corrected chi connectivity index (χ4v) is 2.41. The van der Waals surface area contributed by atoms with Crippen molar-refractivity contribution in [2.24, 2.45) is 0 Å². The van der Waals surface area contributed by atoms with Gasteiger partial charge in [0, 0.05) is 11.1 Å². The maximum Gasteiger partial charge on any atom is 0.275 e. The van der Waals surface area contributed by atoms with Gasteiger partial charge in [-0.15, -0.1) is 0 Å². The predicted octanol–water partition coefficient (Wildman–Crippen LogP) is -0.197. The topological polar surface area (TPSA) is 59.8 Å². The third kappa shape index (κ3) is 3.57. The first-order valence-electron chi connectivity index (χ1n) is 6.97. The van der Waals surface area contributed by atoms with Crippen LogP contribution in [-0.2, 0) is 11.3 Å². The van der Waals surface area contributed by atoms with Gasteiger partial charge < -0.3 is 15.0 Å². The lowest BCUT2D eigenvalue weighted by Crippen LogP contribution is -3.14. The molecule has 5 nitrogen and oxygen atoms in total. The van der Waals surface area contributed by atoms with Crippen molar-refractivity contribution in [1.29, 1.82) is 0 Å². The molecule has 0 spiro atoms. The smallest absolute Gasteiger partial charge is 0.275 e. The molecular formula is C15H21N2O3+. The molecule has 0 radical (unpaired) electrons. The number of ketones is 1. The summed E-state index contributed by atoms with van der Waals surface area (Å²) >= 11 is 0. The predicted molar refractivity (Wildman–Crippen MR) is 75.0 cm³/mol. The van der Waals surface area contributed by atoms with Crippen molar-refractivity contribution in [2.75, 3.05) is 26.2 Å². The van der Waals surface area contributed by atoms with E-state index in [-0.39, 0.29) is 11.7 Å². The maximum atomic E-state index is 11.5. The summed E-state index contributed by atoms with van der Waals surface area (Å²) < 4.78 is 5.61. The molecule has 0 aromatic heterocycles. The van der Waals surface area contributed by atoms with E-state index in [2.05, 4.69) is 5.32 Å². The zero-order valence-electron chi connectivity index (χ0n) is 12.0. The highest BCUT2D eigenvalue weighted by Crippen LogP contribution is 2.20.